The van der Waals surface area contributed by atoms with Crippen LogP contribution < -0.4 is 10.5 Å². The molecule has 0 aliphatic heterocycles. The largest absolute Gasteiger partial charge is 0.346 e. The van der Waals surface area contributed by atoms with E-state index in [0.717, 1.165) is 6.07 Å². The average Bonchev–Trinajstić information content (AvgIpc) is 2.34. The van der Waals surface area contributed by atoms with Crippen molar-refractivity contribution in [2.75, 3.05) is 6.54 Å². The highest BCUT2D eigenvalue weighted by atomic mass is 32.2. The maximum absolute atomic E-state index is 12.7. The Hall–Kier alpha value is -1.68. The van der Waals surface area contributed by atoms with Gasteiger partial charge in [0, 0.05) is 5.56 Å². The second-order valence-corrected chi connectivity index (χ2v) is 5.89. The van der Waals surface area contributed by atoms with Crippen molar-refractivity contribution in [3.05, 3.63) is 29.3 Å². The molecule has 21 heavy (non-hydrogen) atoms. The number of rotatable bonds is 5. The Bertz CT molecular complexity index is 647. The summed E-state index contributed by atoms with van der Waals surface area (Å²) in [5.41, 5.74) is 0.0661. The van der Waals surface area contributed by atoms with Crippen molar-refractivity contribution < 1.29 is 30.8 Å². The quantitative estimate of drug-likeness (QED) is 0.798. The highest BCUT2D eigenvalue weighted by molar-refractivity contribution is 7.89. The molecule has 1 aromatic rings. The fourth-order valence-corrected chi connectivity index (χ4v) is 2.06. The first-order chi connectivity index (χ1) is 9.43. The third-order valence-corrected chi connectivity index (χ3v) is 3.34. The summed E-state index contributed by atoms with van der Waals surface area (Å²) in [6, 6.07) is 3.27. The van der Waals surface area contributed by atoms with E-state index in [2.05, 4.69) is 0 Å². The van der Waals surface area contributed by atoms with Crippen molar-refractivity contribution in [3.63, 3.8) is 0 Å². The number of sulfonamides is 1. The normalized spacial score (nSPS) is 12.5. The minimum absolute atomic E-state index is 0.274. The number of hydrogen-bond donors (Lipinski definition) is 2. The molecule has 0 radical (unpaired) electrons. The Morgan fingerprint density at radius 2 is 1.90 bits per heavy atom. The first kappa shape index (κ1) is 17.4. The predicted molar refractivity (Wildman–Crippen MR) is 65.8 cm³/mol. The lowest BCUT2D eigenvalue weighted by molar-refractivity contribution is -0.123. The number of hydrogen-bond acceptors (Lipinski definition) is 3. The minimum atomic E-state index is -4.37. The molecule has 0 spiro atoms. The molecule has 0 bridgehead atoms. The van der Waals surface area contributed by atoms with Gasteiger partial charge in [0.2, 0.25) is 10.0 Å². The highest BCUT2D eigenvalue weighted by Gasteiger charge is 2.40. The molecule has 0 aliphatic rings. The Morgan fingerprint density at radius 1 is 1.33 bits per heavy atom. The minimum Gasteiger partial charge on any atom is -0.346 e. The number of carbonyl (C=O) groups is 1. The van der Waals surface area contributed by atoms with Crippen molar-refractivity contribution >= 4 is 15.9 Å². The number of primary sulfonamides is 1. The van der Waals surface area contributed by atoms with Crippen LogP contribution in [0.2, 0.25) is 0 Å². The van der Waals surface area contributed by atoms with Gasteiger partial charge in [-0.3, -0.25) is 4.79 Å². The maximum Gasteiger partial charge on any atom is 0.324 e. The lowest BCUT2D eigenvalue weighted by Gasteiger charge is -2.16. The maximum atomic E-state index is 12.7. The molecular weight excluding hydrogens is 316 g/mol. The van der Waals surface area contributed by atoms with Gasteiger partial charge in [-0.1, -0.05) is 0 Å². The summed E-state index contributed by atoms with van der Waals surface area (Å²) in [7, 11) is -4.09. The van der Waals surface area contributed by atoms with Gasteiger partial charge in [-0.2, -0.15) is 8.78 Å². The van der Waals surface area contributed by atoms with Gasteiger partial charge >= 0.3 is 12.3 Å². The van der Waals surface area contributed by atoms with Crippen LogP contribution in [0.25, 0.3) is 0 Å². The molecule has 10 heteroatoms. The molecule has 1 amide bonds. The van der Waals surface area contributed by atoms with Gasteiger partial charge in [0.15, 0.2) is 0 Å². The van der Waals surface area contributed by atoms with E-state index in [1.807, 2.05) is 0 Å². The van der Waals surface area contributed by atoms with Gasteiger partial charge in [0.25, 0.3) is 5.91 Å². The van der Waals surface area contributed by atoms with Crippen molar-refractivity contribution in [3.8, 4) is 0 Å². The molecule has 0 aliphatic carbocycles. The van der Waals surface area contributed by atoms with Gasteiger partial charge in [-0.15, -0.1) is 0 Å². The molecule has 1 rings (SSSR count). The fourth-order valence-electron chi connectivity index (χ4n) is 1.42. The zero-order valence-electron chi connectivity index (χ0n) is 10.7. The number of nitrogens with one attached hydrogen (secondary N) is 1. The van der Waals surface area contributed by atoms with Gasteiger partial charge in [-0.05, 0) is 30.7 Å². The van der Waals surface area contributed by atoms with Crippen LogP contribution in [0, 0.1) is 6.92 Å². The molecule has 0 saturated carbocycles. The first-order valence-electron chi connectivity index (χ1n) is 5.52. The number of aryl methyl sites for hydroxylation is 1. The average molecular weight is 328 g/mol. The van der Waals surface area contributed by atoms with Crippen LogP contribution in [0.5, 0.6) is 0 Å². The van der Waals surface area contributed by atoms with E-state index in [0.29, 0.717) is 5.56 Å². The van der Waals surface area contributed by atoms with E-state index < -0.39 is 34.8 Å². The van der Waals surface area contributed by atoms with Crippen LogP contribution in [-0.4, -0.2) is 33.2 Å². The smallest absolute Gasteiger partial charge is 0.324 e. The Balaban J connectivity index is 2.97. The highest BCUT2D eigenvalue weighted by Crippen LogP contribution is 2.21. The van der Waals surface area contributed by atoms with E-state index in [-0.39, 0.29) is 10.5 Å². The summed E-state index contributed by atoms with van der Waals surface area (Å²) >= 11 is 0. The van der Waals surface area contributed by atoms with Crippen molar-refractivity contribution in [2.45, 2.75) is 24.2 Å². The first-order valence-corrected chi connectivity index (χ1v) is 7.07. The van der Waals surface area contributed by atoms with E-state index >= 15 is 0 Å². The zero-order valence-corrected chi connectivity index (χ0v) is 11.6. The predicted octanol–water partition coefficient (Wildman–Crippen LogP) is 1.27. The fraction of sp³-hybridized carbons (Fsp3) is 0.364. The topological polar surface area (TPSA) is 89.3 Å². The lowest BCUT2D eigenvalue weighted by atomic mass is 10.1. The van der Waals surface area contributed by atoms with Crippen LogP contribution in [0.15, 0.2) is 23.1 Å². The second kappa shape index (κ2) is 5.98. The van der Waals surface area contributed by atoms with Crippen LogP contribution >= 0.6 is 0 Å². The molecular formula is C11H12F4N2O3S. The summed E-state index contributed by atoms with van der Waals surface area (Å²) in [6.07, 6.45) is -3.92. The SMILES string of the molecule is Cc1cc(C(=O)NCC(F)(F)C(F)F)cc(S(N)(=O)=O)c1. The van der Waals surface area contributed by atoms with Crippen LogP contribution in [-0.2, 0) is 10.0 Å². The van der Waals surface area contributed by atoms with Crippen molar-refractivity contribution in [1.29, 1.82) is 0 Å². The third kappa shape index (κ3) is 4.67. The molecule has 1 aromatic carbocycles. The molecule has 0 fully saturated rings. The molecule has 5 nitrogen and oxygen atoms in total. The number of nitrogens with two attached hydrogens (primary N) is 1. The van der Waals surface area contributed by atoms with E-state index in [4.69, 9.17) is 5.14 Å². The molecule has 3 N–H and O–H groups in total. The molecule has 0 heterocycles. The second-order valence-electron chi connectivity index (χ2n) is 4.32. The van der Waals surface area contributed by atoms with Crippen LogP contribution in [0.4, 0.5) is 17.6 Å². The van der Waals surface area contributed by atoms with Crippen LogP contribution in [0.1, 0.15) is 15.9 Å². The Morgan fingerprint density at radius 3 is 2.38 bits per heavy atom. The molecule has 0 atom stereocenters. The van der Waals surface area contributed by atoms with E-state index in [1.165, 1.54) is 19.1 Å². The number of halogens is 4. The van der Waals surface area contributed by atoms with Gasteiger partial charge < -0.3 is 5.32 Å². The molecule has 0 aromatic heterocycles. The molecule has 0 unspecified atom stereocenters. The van der Waals surface area contributed by atoms with E-state index in [9.17, 15) is 30.8 Å². The van der Waals surface area contributed by atoms with Gasteiger partial charge in [0.1, 0.15) is 0 Å². The zero-order chi connectivity index (χ0) is 16.4. The third-order valence-electron chi connectivity index (χ3n) is 2.45. The Labute approximate surface area is 118 Å². The number of carbonyl (C=O) groups excluding carboxylic acids is 1. The summed E-state index contributed by atoms with van der Waals surface area (Å²) in [4.78, 5) is 11.2. The van der Waals surface area contributed by atoms with E-state index in [1.54, 1.807) is 5.32 Å². The van der Waals surface area contributed by atoms with Crippen LogP contribution in [0.3, 0.4) is 0 Å². The van der Waals surface area contributed by atoms with Gasteiger partial charge in [-0.25, -0.2) is 22.3 Å². The standard InChI is InChI=1S/C11H12F4N2O3S/c1-6-2-7(4-8(3-6)21(16,19)20)9(18)17-5-11(14,15)10(12)13/h2-4,10H,5H2,1H3,(H,17,18)(H2,16,19,20). The molecule has 118 valence electrons. The monoisotopic (exact) mass is 328 g/mol. The summed E-state index contributed by atoms with van der Waals surface area (Å²) < 4.78 is 71.7. The molecule has 0 saturated heterocycles. The number of alkyl halides is 4. The lowest BCUT2D eigenvalue weighted by Crippen LogP contribution is -2.41. The number of benzene rings is 1. The summed E-state index contributed by atoms with van der Waals surface area (Å²) in [5, 5.41) is 6.52. The summed E-state index contributed by atoms with van der Waals surface area (Å²) in [6.45, 7) is -0.110. The number of amides is 1. The van der Waals surface area contributed by atoms with Gasteiger partial charge in [0.05, 0.1) is 11.4 Å². The van der Waals surface area contributed by atoms with Crippen molar-refractivity contribution in [2.24, 2.45) is 5.14 Å². The summed E-state index contributed by atoms with van der Waals surface area (Å²) in [5.74, 6) is -5.48. The Kier molecular flexibility index (Phi) is 4.95. The van der Waals surface area contributed by atoms with Crippen molar-refractivity contribution in [1.82, 2.24) is 5.32 Å².